The van der Waals surface area contributed by atoms with E-state index in [9.17, 15) is 24.9 Å². The van der Waals surface area contributed by atoms with Crippen molar-refractivity contribution in [2.75, 3.05) is 6.54 Å². The van der Waals surface area contributed by atoms with E-state index in [0.717, 1.165) is 22.3 Å². The third-order valence-electron chi connectivity index (χ3n) is 8.20. The van der Waals surface area contributed by atoms with E-state index in [1.165, 1.54) is 11.6 Å². The minimum atomic E-state index is -0.784. The number of hydrogen-bond donors (Lipinski definition) is 6. The Morgan fingerprint density at radius 2 is 1.43 bits per heavy atom. The van der Waals surface area contributed by atoms with Crippen LogP contribution in [0.3, 0.4) is 0 Å². The van der Waals surface area contributed by atoms with E-state index < -0.39 is 6.10 Å². The van der Waals surface area contributed by atoms with Gasteiger partial charge in [0.05, 0.1) is 19.1 Å². The summed E-state index contributed by atoms with van der Waals surface area (Å²) in [5, 5.41) is 38.9. The summed E-state index contributed by atoms with van der Waals surface area (Å²) in [6.07, 6.45) is 0.177. The van der Waals surface area contributed by atoms with E-state index in [2.05, 4.69) is 48.9 Å². The van der Waals surface area contributed by atoms with Crippen LogP contribution in [0.25, 0.3) is 0 Å². The highest BCUT2D eigenvalue weighted by Gasteiger charge is 2.14. The van der Waals surface area contributed by atoms with E-state index in [1.54, 1.807) is 24.3 Å². The molecule has 0 radical (unpaired) electrons. The summed E-state index contributed by atoms with van der Waals surface area (Å²) in [4.78, 5) is 25.4. The quantitative estimate of drug-likeness (QED) is 0.112. The Morgan fingerprint density at radius 3 is 2.09 bits per heavy atom. The van der Waals surface area contributed by atoms with Gasteiger partial charge >= 0.3 is 0 Å². The largest absolute Gasteiger partial charge is 0.508 e. The zero-order valence-electron chi connectivity index (χ0n) is 27.7. The second kappa shape index (κ2) is 16.4. The Morgan fingerprint density at radius 1 is 0.787 bits per heavy atom. The second-order valence-corrected chi connectivity index (χ2v) is 13.2. The van der Waals surface area contributed by atoms with Gasteiger partial charge in [-0.15, -0.1) is 0 Å². The fraction of sp³-hybridized carbons (Fsp3) is 0.333. The number of aliphatic hydroxyl groups excluding tert-OH is 2. The Kier molecular flexibility index (Phi) is 12.3. The number of nitrogens with one attached hydrogen (secondary N) is 3. The number of carbonyl (C=O) groups is 2. The number of rotatable bonds is 14. The molecule has 0 aliphatic rings. The molecule has 4 aromatic rings. The summed E-state index contributed by atoms with van der Waals surface area (Å²) >= 11 is 0. The summed E-state index contributed by atoms with van der Waals surface area (Å²) in [5.41, 5.74) is 6.84. The maximum absolute atomic E-state index is 12.7. The van der Waals surface area contributed by atoms with Crippen LogP contribution in [-0.4, -0.2) is 39.7 Å². The molecule has 8 heteroatoms. The predicted octanol–water partition coefficient (Wildman–Crippen LogP) is 5.23. The number of benzene rings is 4. The number of carbonyl (C=O) groups excluding carboxylic acids is 2. The van der Waals surface area contributed by atoms with Crippen molar-refractivity contribution in [1.29, 1.82) is 0 Å². The normalized spacial score (nSPS) is 12.7. The number of aliphatic hydroxyl groups is 2. The summed E-state index contributed by atoms with van der Waals surface area (Å²) < 4.78 is 0. The zero-order chi connectivity index (χ0) is 34.0. The Balaban J connectivity index is 1.19. The zero-order valence-corrected chi connectivity index (χ0v) is 27.7. The molecule has 47 heavy (non-hydrogen) atoms. The predicted molar refractivity (Wildman–Crippen MR) is 185 cm³/mol. The topological polar surface area (TPSA) is 131 Å². The Labute approximate surface area is 277 Å². The van der Waals surface area contributed by atoms with E-state index in [0.29, 0.717) is 42.7 Å². The van der Waals surface area contributed by atoms with Crippen LogP contribution < -0.4 is 16.0 Å². The van der Waals surface area contributed by atoms with Crippen LogP contribution in [0, 0.1) is 0 Å². The maximum Gasteiger partial charge on any atom is 0.251 e. The standard InChI is InChI=1S/C39H47N3O5/c1-26(40-24-36(45)32-14-17-35(44)33(21-32)25-43)18-29-6-5-7-30(19-29)20-37(46)41-22-27-8-12-31(13-9-27)38(47)42-23-28-10-15-34(16-11-28)39(2,3)4/h5-17,19,21,26,36,40,43-45H,18,20,22-25H2,1-4H3,(H,41,46)(H,42,47)/t26?,36-/m0/s1. The molecule has 8 nitrogen and oxygen atoms in total. The molecule has 0 aliphatic carbocycles. The lowest BCUT2D eigenvalue weighted by Gasteiger charge is -2.19. The van der Waals surface area contributed by atoms with Crippen LogP contribution >= 0.6 is 0 Å². The molecule has 4 rings (SSSR count). The third kappa shape index (κ3) is 10.8. The van der Waals surface area contributed by atoms with Gasteiger partial charge in [0.15, 0.2) is 0 Å². The van der Waals surface area contributed by atoms with Gasteiger partial charge in [0.25, 0.3) is 5.91 Å². The number of hydrogen-bond acceptors (Lipinski definition) is 6. The highest BCUT2D eigenvalue weighted by Crippen LogP contribution is 2.23. The van der Waals surface area contributed by atoms with Crippen molar-refractivity contribution in [3.8, 4) is 5.75 Å². The average molecular weight is 638 g/mol. The van der Waals surface area contributed by atoms with Crippen LogP contribution in [0.15, 0.2) is 91.0 Å². The van der Waals surface area contributed by atoms with Crippen molar-refractivity contribution in [2.45, 2.75) is 77.8 Å². The van der Waals surface area contributed by atoms with Crippen molar-refractivity contribution >= 4 is 11.8 Å². The molecule has 0 saturated heterocycles. The Hall–Kier alpha value is -4.50. The molecule has 4 aromatic carbocycles. The lowest BCUT2D eigenvalue weighted by atomic mass is 9.87. The number of aromatic hydroxyl groups is 1. The van der Waals surface area contributed by atoms with Crippen LogP contribution in [0.1, 0.15) is 83.1 Å². The molecule has 0 bridgehead atoms. The van der Waals surface area contributed by atoms with Gasteiger partial charge in [0.2, 0.25) is 5.91 Å². The minimum Gasteiger partial charge on any atom is -0.508 e. The molecule has 1 unspecified atom stereocenters. The SMILES string of the molecule is CC(Cc1cccc(CC(=O)NCc2ccc(C(=O)NCc3ccc(C(C)(C)C)cc3)cc2)c1)NC[C@H](O)c1ccc(O)c(CO)c1. The van der Waals surface area contributed by atoms with Gasteiger partial charge in [-0.2, -0.15) is 0 Å². The molecule has 2 amide bonds. The number of phenols is 1. The highest BCUT2D eigenvalue weighted by molar-refractivity contribution is 5.94. The van der Waals surface area contributed by atoms with Crippen LogP contribution in [-0.2, 0) is 42.7 Å². The van der Waals surface area contributed by atoms with E-state index >= 15 is 0 Å². The van der Waals surface area contributed by atoms with Gasteiger partial charge in [-0.05, 0) is 76.4 Å². The maximum atomic E-state index is 12.7. The van der Waals surface area contributed by atoms with Crippen LogP contribution in [0.2, 0.25) is 0 Å². The van der Waals surface area contributed by atoms with Crippen molar-refractivity contribution < 1.29 is 24.9 Å². The van der Waals surface area contributed by atoms with Gasteiger partial charge in [0.1, 0.15) is 5.75 Å². The highest BCUT2D eigenvalue weighted by atomic mass is 16.3. The molecular weight excluding hydrogens is 590 g/mol. The minimum absolute atomic E-state index is 0.00274. The van der Waals surface area contributed by atoms with Gasteiger partial charge in [-0.25, -0.2) is 0 Å². The molecular formula is C39H47N3O5. The summed E-state index contributed by atoms with van der Waals surface area (Å²) in [5.74, 6) is -0.232. The Bertz CT molecular complexity index is 1630. The second-order valence-electron chi connectivity index (χ2n) is 13.2. The molecule has 248 valence electrons. The van der Waals surface area contributed by atoms with Crippen molar-refractivity contribution in [3.63, 3.8) is 0 Å². The smallest absolute Gasteiger partial charge is 0.251 e. The molecule has 0 aromatic heterocycles. The summed E-state index contributed by atoms with van der Waals surface area (Å²) in [7, 11) is 0. The van der Waals surface area contributed by atoms with Crippen LogP contribution in [0.4, 0.5) is 0 Å². The first-order valence-electron chi connectivity index (χ1n) is 16.1. The van der Waals surface area contributed by atoms with Crippen molar-refractivity contribution in [2.24, 2.45) is 0 Å². The molecule has 0 spiro atoms. The summed E-state index contributed by atoms with van der Waals surface area (Å²) in [6, 6.07) is 28.2. The molecule has 0 heterocycles. The van der Waals surface area contributed by atoms with Crippen LogP contribution in [0.5, 0.6) is 5.75 Å². The van der Waals surface area contributed by atoms with Gasteiger partial charge in [-0.1, -0.05) is 87.5 Å². The lowest BCUT2D eigenvalue weighted by Crippen LogP contribution is -2.32. The van der Waals surface area contributed by atoms with Gasteiger partial charge in [0, 0.05) is 36.8 Å². The van der Waals surface area contributed by atoms with E-state index in [-0.39, 0.29) is 42.0 Å². The molecule has 0 aliphatic heterocycles. The molecule has 6 N–H and O–H groups in total. The van der Waals surface area contributed by atoms with Gasteiger partial charge in [-0.3, -0.25) is 9.59 Å². The number of amides is 2. The third-order valence-corrected chi connectivity index (χ3v) is 8.20. The fourth-order valence-electron chi connectivity index (χ4n) is 5.29. The van der Waals surface area contributed by atoms with Crippen molar-refractivity contribution in [1.82, 2.24) is 16.0 Å². The van der Waals surface area contributed by atoms with E-state index in [1.807, 2.05) is 55.5 Å². The van der Waals surface area contributed by atoms with Gasteiger partial charge < -0.3 is 31.3 Å². The summed E-state index contributed by atoms with van der Waals surface area (Å²) in [6.45, 7) is 9.39. The molecule has 0 fully saturated rings. The molecule has 2 atom stereocenters. The van der Waals surface area contributed by atoms with Crippen molar-refractivity contribution in [3.05, 3.63) is 136 Å². The molecule has 0 saturated carbocycles. The lowest BCUT2D eigenvalue weighted by molar-refractivity contribution is -0.120. The first-order valence-corrected chi connectivity index (χ1v) is 16.1. The average Bonchev–Trinajstić information content (AvgIpc) is 3.05. The first kappa shape index (κ1) is 35.4. The first-order chi connectivity index (χ1) is 22.4. The monoisotopic (exact) mass is 637 g/mol. The van der Waals surface area contributed by atoms with E-state index in [4.69, 9.17) is 0 Å². The fourth-order valence-corrected chi connectivity index (χ4v) is 5.29.